The summed E-state index contributed by atoms with van der Waals surface area (Å²) in [7, 11) is 0. The highest BCUT2D eigenvalue weighted by atomic mass is 16.3. The summed E-state index contributed by atoms with van der Waals surface area (Å²) >= 11 is 0. The zero-order valence-corrected chi connectivity index (χ0v) is 31.6. The topological polar surface area (TPSA) is 60.7 Å². The van der Waals surface area contributed by atoms with Gasteiger partial charge in [0.15, 0.2) is 0 Å². The second-order valence-electron chi connectivity index (χ2n) is 12.2. The van der Waals surface area contributed by atoms with Crippen molar-refractivity contribution in [3.8, 4) is 39.5 Å². The average Bonchev–Trinajstić information content (AvgIpc) is 3.23. The Balaban J connectivity index is 0.000000246. The highest BCUT2D eigenvalue weighted by Crippen LogP contribution is 2.22. The van der Waals surface area contributed by atoms with Crippen LogP contribution in [-0.4, -0.2) is 15.3 Å². The molecule has 0 amide bonds. The van der Waals surface area contributed by atoms with E-state index in [1.807, 2.05) is 18.2 Å². The molecule has 0 aliphatic rings. The van der Waals surface area contributed by atoms with Gasteiger partial charge in [0.2, 0.25) is 0 Å². The summed E-state index contributed by atoms with van der Waals surface area (Å²) < 4.78 is 0. The van der Waals surface area contributed by atoms with E-state index in [0.29, 0.717) is 17.2 Å². The number of aromatic hydroxyl groups is 3. The van der Waals surface area contributed by atoms with E-state index in [2.05, 4.69) is 125 Å². The molecule has 54 heavy (non-hydrogen) atoms. The minimum Gasteiger partial charge on any atom is -0.508 e. The minimum atomic E-state index is 0. The summed E-state index contributed by atoms with van der Waals surface area (Å²) in [5, 5.41) is 25.9. The lowest BCUT2D eigenvalue weighted by atomic mass is 10.0. The van der Waals surface area contributed by atoms with E-state index in [0.717, 1.165) is 25.7 Å². The number of para-hydroxylation sites is 3. The van der Waals surface area contributed by atoms with Crippen molar-refractivity contribution in [1.29, 1.82) is 0 Å². The molecule has 0 atom stereocenters. The standard InChI is InChI=1S/2C16H18.3C6H6O.CH4/c2*1-3-13-5-9-15(10-6-13)16-11-7-14(4-2)8-12-16;3*7-6-4-2-1-3-5-6;/h2*5-12H,3-4H2,1-2H3;3*1-5,7H;1H4. The molecule has 0 saturated heterocycles. The van der Waals surface area contributed by atoms with E-state index < -0.39 is 0 Å². The quantitative estimate of drug-likeness (QED) is 0.160. The molecule has 7 rings (SSSR count). The number of phenols is 3. The van der Waals surface area contributed by atoms with Crippen molar-refractivity contribution in [3.63, 3.8) is 0 Å². The Bertz CT molecular complexity index is 1650. The fourth-order valence-corrected chi connectivity index (χ4v) is 5.02. The molecule has 0 bridgehead atoms. The molecule has 7 aromatic carbocycles. The molecule has 280 valence electrons. The van der Waals surface area contributed by atoms with Gasteiger partial charge in [-0.15, -0.1) is 0 Å². The molecule has 0 heterocycles. The van der Waals surface area contributed by atoms with Gasteiger partial charge in [0.1, 0.15) is 17.2 Å². The van der Waals surface area contributed by atoms with Gasteiger partial charge in [-0.05, 0) is 107 Å². The van der Waals surface area contributed by atoms with Crippen LogP contribution >= 0.6 is 0 Å². The number of rotatable bonds is 6. The third kappa shape index (κ3) is 17.0. The van der Waals surface area contributed by atoms with E-state index in [9.17, 15) is 0 Å². The zero-order chi connectivity index (χ0) is 38.1. The van der Waals surface area contributed by atoms with Gasteiger partial charge in [-0.2, -0.15) is 0 Å². The van der Waals surface area contributed by atoms with E-state index in [-0.39, 0.29) is 7.43 Å². The van der Waals surface area contributed by atoms with Gasteiger partial charge in [0, 0.05) is 0 Å². The Labute approximate surface area is 324 Å². The highest BCUT2D eigenvalue weighted by molar-refractivity contribution is 5.64. The van der Waals surface area contributed by atoms with Gasteiger partial charge in [0.25, 0.3) is 0 Å². The maximum atomic E-state index is 8.63. The van der Waals surface area contributed by atoms with Crippen LogP contribution in [0.2, 0.25) is 0 Å². The van der Waals surface area contributed by atoms with Crippen LogP contribution < -0.4 is 0 Å². The molecule has 0 spiro atoms. The highest BCUT2D eigenvalue weighted by Gasteiger charge is 1.99. The number of phenolic OH excluding ortho intramolecular Hbond substituents is 3. The maximum absolute atomic E-state index is 8.63. The fourth-order valence-electron chi connectivity index (χ4n) is 5.02. The molecule has 3 N–H and O–H groups in total. The van der Waals surface area contributed by atoms with Crippen molar-refractivity contribution < 1.29 is 15.3 Å². The molecule has 0 unspecified atom stereocenters. The van der Waals surface area contributed by atoms with Crippen molar-refractivity contribution in [1.82, 2.24) is 0 Å². The first-order valence-electron chi connectivity index (χ1n) is 18.4. The summed E-state index contributed by atoms with van der Waals surface area (Å²) in [5.41, 5.74) is 10.8. The Kier molecular flexibility index (Phi) is 21.1. The first-order chi connectivity index (χ1) is 25.8. The third-order valence-electron chi connectivity index (χ3n) is 8.38. The van der Waals surface area contributed by atoms with Crippen molar-refractivity contribution in [2.75, 3.05) is 0 Å². The van der Waals surface area contributed by atoms with Crippen molar-refractivity contribution >= 4 is 0 Å². The van der Waals surface area contributed by atoms with Gasteiger partial charge in [-0.25, -0.2) is 0 Å². The second kappa shape index (κ2) is 25.8. The summed E-state index contributed by atoms with van der Waals surface area (Å²) in [4.78, 5) is 0. The van der Waals surface area contributed by atoms with Gasteiger partial charge in [0.05, 0.1) is 0 Å². The first-order valence-corrected chi connectivity index (χ1v) is 18.4. The number of hydrogen-bond donors (Lipinski definition) is 3. The van der Waals surface area contributed by atoms with Crippen molar-refractivity contribution in [2.45, 2.75) is 60.8 Å². The zero-order valence-electron chi connectivity index (χ0n) is 31.6. The fraction of sp³-hybridized carbons (Fsp3) is 0.176. The summed E-state index contributed by atoms with van der Waals surface area (Å²) in [5.74, 6) is 0.965. The van der Waals surface area contributed by atoms with Crippen LogP contribution in [0.1, 0.15) is 57.4 Å². The Morgan fingerprint density at radius 3 is 0.537 bits per heavy atom. The van der Waals surface area contributed by atoms with E-state index >= 15 is 0 Å². The number of benzene rings is 7. The Hall–Kier alpha value is -6.06. The largest absolute Gasteiger partial charge is 0.508 e. The Morgan fingerprint density at radius 1 is 0.259 bits per heavy atom. The molecule has 0 radical (unpaired) electrons. The lowest BCUT2D eigenvalue weighted by Crippen LogP contribution is -1.83. The SMILES string of the molecule is C.CCc1ccc(-c2ccc(CC)cc2)cc1.CCc1ccc(-c2ccc(CC)cc2)cc1.Oc1ccccc1.Oc1ccccc1.Oc1ccccc1. The Morgan fingerprint density at radius 2 is 0.426 bits per heavy atom. The average molecular weight is 719 g/mol. The molecule has 0 saturated carbocycles. The molecular formula is C51H58O3. The predicted octanol–water partition coefficient (Wildman–Crippen LogP) is 13.8. The van der Waals surface area contributed by atoms with Crippen LogP contribution in [0, 0.1) is 0 Å². The third-order valence-corrected chi connectivity index (χ3v) is 8.38. The van der Waals surface area contributed by atoms with Gasteiger partial charge >= 0.3 is 0 Å². The van der Waals surface area contributed by atoms with Crippen LogP contribution in [0.25, 0.3) is 22.3 Å². The lowest BCUT2D eigenvalue weighted by molar-refractivity contribution is 0.475. The second-order valence-corrected chi connectivity index (χ2v) is 12.2. The summed E-state index contributed by atoms with van der Waals surface area (Å²) in [6, 6.07) is 61.5. The molecule has 7 aromatic rings. The summed E-state index contributed by atoms with van der Waals surface area (Å²) in [6.07, 6.45) is 4.42. The van der Waals surface area contributed by atoms with E-state index in [4.69, 9.17) is 15.3 Å². The van der Waals surface area contributed by atoms with Crippen LogP contribution in [0.4, 0.5) is 0 Å². The first kappa shape index (κ1) is 44.1. The van der Waals surface area contributed by atoms with Crippen LogP contribution in [-0.2, 0) is 25.7 Å². The molecular weight excluding hydrogens is 661 g/mol. The lowest BCUT2D eigenvalue weighted by Gasteiger charge is -2.04. The molecule has 3 heteroatoms. The summed E-state index contributed by atoms with van der Waals surface area (Å²) in [6.45, 7) is 8.74. The monoisotopic (exact) mass is 718 g/mol. The van der Waals surface area contributed by atoms with Gasteiger partial charge < -0.3 is 15.3 Å². The normalized spacial score (nSPS) is 9.48. The van der Waals surface area contributed by atoms with Gasteiger partial charge in [-0.1, -0.05) is 187 Å². The van der Waals surface area contributed by atoms with Crippen LogP contribution in [0.5, 0.6) is 17.2 Å². The minimum absolute atomic E-state index is 0. The van der Waals surface area contributed by atoms with Crippen LogP contribution in [0.3, 0.4) is 0 Å². The number of aryl methyl sites for hydroxylation is 4. The molecule has 3 nitrogen and oxygen atoms in total. The predicted molar refractivity (Wildman–Crippen MR) is 232 cm³/mol. The molecule has 0 aliphatic heterocycles. The van der Waals surface area contributed by atoms with E-state index in [1.165, 1.54) is 44.5 Å². The number of hydrogen-bond acceptors (Lipinski definition) is 3. The van der Waals surface area contributed by atoms with Crippen molar-refractivity contribution in [2.24, 2.45) is 0 Å². The molecule has 0 fully saturated rings. The molecule has 0 aromatic heterocycles. The van der Waals surface area contributed by atoms with Gasteiger partial charge in [-0.3, -0.25) is 0 Å². The van der Waals surface area contributed by atoms with E-state index in [1.54, 1.807) is 72.8 Å². The van der Waals surface area contributed by atoms with Crippen molar-refractivity contribution in [3.05, 3.63) is 210 Å². The smallest absolute Gasteiger partial charge is 0.115 e. The maximum Gasteiger partial charge on any atom is 0.115 e. The van der Waals surface area contributed by atoms with Crippen LogP contribution in [0.15, 0.2) is 188 Å². The molecule has 0 aliphatic carbocycles.